The molecule has 2 aliphatic rings. The van der Waals surface area contributed by atoms with Crippen LogP contribution >= 0.6 is 0 Å². The van der Waals surface area contributed by atoms with Crippen LogP contribution < -0.4 is 14.5 Å². The molecule has 2 aromatic heterocycles. The van der Waals surface area contributed by atoms with Crippen LogP contribution in [0.15, 0.2) is 47.6 Å². The molecule has 0 bridgehead atoms. The summed E-state index contributed by atoms with van der Waals surface area (Å²) >= 11 is 0. The topological polar surface area (TPSA) is 117 Å². The Morgan fingerprint density at radius 3 is 2.79 bits per heavy atom. The van der Waals surface area contributed by atoms with Crippen LogP contribution in [0.3, 0.4) is 0 Å². The van der Waals surface area contributed by atoms with Crippen molar-refractivity contribution < 1.29 is 28.0 Å². The molecule has 11 nitrogen and oxygen atoms in total. The van der Waals surface area contributed by atoms with E-state index in [1.54, 1.807) is 35.6 Å². The summed E-state index contributed by atoms with van der Waals surface area (Å²) in [5, 5.41) is 3.64. The Morgan fingerprint density at radius 2 is 2.09 bits per heavy atom. The largest absolute Gasteiger partial charge is 0.471 e. The number of halogens is 1. The standard InChI is InChI=1S/C22H23FN6O5/c23-18-10-16(29-12-17(34-22(29)31)13-32-20-3-8-33-26-20)1-2-19(18)27-4-6-28(7-5-27)21(30)9-15-11-24-14-25-15/h1-3,8,10-11,14,17H,4-7,9,12-13H2,(H,24,25). The Kier molecular flexibility index (Phi) is 6.02. The third-order valence-electron chi connectivity index (χ3n) is 5.82. The molecule has 1 aromatic carbocycles. The third-order valence-corrected chi connectivity index (χ3v) is 5.82. The van der Waals surface area contributed by atoms with Gasteiger partial charge in [0.05, 0.1) is 30.7 Å². The highest BCUT2D eigenvalue weighted by molar-refractivity contribution is 5.90. The normalized spacial score (nSPS) is 18.3. The van der Waals surface area contributed by atoms with Crippen LogP contribution in [-0.2, 0) is 16.0 Å². The summed E-state index contributed by atoms with van der Waals surface area (Å²) in [5.74, 6) is -0.132. The van der Waals surface area contributed by atoms with Crippen LogP contribution in [0.2, 0.25) is 0 Å². The van der Waals surface area contributed by atoms with Gasteiger partial charge in [0.25, 0.3) is 5.88 Å². The van der Waals surface area contributed by atoms with E-state index in [4.69, 9.17) is 14.0 Å². The number of carbonyl (C=O) groups is 2. The zero-order valence-corrected chi connectivity index (χ0v) is 18.2. The molecule has 2 fully saturated rings. The monoisotopic (exact) mass is 470 g/mol. The molecule has 5 rings (SSSR count). The van der Waals surface area contributed by atoms with Gasteiger partial charge >= 0.3 is 6.09 Å². The van der Waals surface area contributed by atoms with E-state index in [2.05, 4.69) is 15.1 Å². The van der Waals surface area contributed by atoms with Crippen LogP contribution in [0.25, 0.3) is 0 Å². The number of ether oxygens (including phenoxy) is 2. The van der Waals surface area contributed by atoms with E-state index in [1.807, 2.05) is 4.90 Å². The molecule has 2 amide bonds. The molecule has 0 radical (unpaired) electrons. The lowest BCUT2D eigenvalue weighted by atomic mass is 10.2. The van der Waals surface area contributed by atoms with Gasteiger partial charge < -0.3 is 28.8 Å². The van der Waals surface area contributed by atoms with E-state index in [9.17, 15) is 14.0 Å². The van der Waals surface area contributed by atoms with Gasteiger partial charge in [-0.25, -0.2) is 14.2 Å². The zero-order valence-electron chi connectivity index (χ0n) is 18.2. The fourth-order valence-corrected chi connectivity index (χ4v) is 4.05. The van der Waals surface area contributed by atoms with Crippen molar-refractivity contribution in [2.75, 3.05) is 49.1 Å². The number of aromatic amines is 1. The average Bonchev–Trinajstić information content (AvgIpc) is 3.61. The average molecular weight is 470 g/mol. The third kappa shape index (κ3) is 4.65. The predicted molar refractivity (Wildman–Crippen MR) is 117 cm³/mol. The molecule has 2 aliphatic heterocycles. The van der Waals surface area contributed by atoms with Crippen molar-refractivity contribution in [1.29, 1.82) is 0 Å². The summed E-state index contributed by atoms with van der Waals surface area (Å²) in [6.07, 6.45) is 3.74. The van der Waals surface area contributed by atoms with Crippen molar-refractivity contribution in [3.05, 3.63) is 54.6 Å². The molecule has 1 atom stereocenters. The van der Waals surface area contributed by atoms with Crippen molar-refractivity contribution in [3.8, 4) is 5.88 Å². The Bertz CT molecular complexity index is 1130. The molecule has 0 aliphatic carbocycles. The molecule has 3 aromatic rings. The highest BCUT2D eigenvalue weighted by Crippen LogP contribution is 2.29. The molecule has 178 valence electrons. The first-order chi connectivity index (χ1) is 16.6. The van der Waals surface area contributed by atoms with Crippen LogP contribution in [0.5, 0.6) is 5.88 Å². The number of cyclic esters (lactones) is 1. The van der Waals surface area contributed by atoms with Gasteiger partial charge in [-0.2, -0.15) is 0 Å². The maximum atomic E-state index is 15.0. The number of aromatic nitrogens is 3. The number of anilines is 2. The Balaban J connectivity index is 1.16. The number of benzene rings is 1. The lowest BCUT2D eigenvalue weighted by molar-refractivity contribution is -0.130. The number of piperazine rings is 1. The van der Waals surface area contributed by atoms with Gasteiger partial charge in [-0.3, -0.25) is 9.69 Å². The van der Waals surface area contributed by atoms with Gasteiger partial charge in [0.1, 0.15) is 18.7 Å². The van der Waals surface area contributed by atoms with E-state index < -0.39 is 18.0 Å². The van der Waals surface area contributed by atoms with Crippen LogP contribution in [0.4, 0.5) is 20.6 Å². The number of hydrogen-bond acceptors (Lipinski definition) is 8. The second kappa shape index (κ2) is 9.41. The van der Waals surface area contributed by atoms with E-state index in [0.29, 0.717) is 43.4 Å². The summed E-state index contributed by atoms with van der Waals surface area (Å²) in [4.78, 5) is 36.6. The van der Waals surface area contributed by atoms with Gasteiger partial charge in [0.2, 0.25) is 5.91 Å². The number of imidazole rings is 1. The number of hydrogen-bond donors (Lipinski definition) is 1. The SMILES string of the molecule is O=C(Cc1cnc[nH]1)N1CCN(c2ccc(N3CC(COc4ccon4)OC3=O)cc2F)CC1. The molecule has 0 saturated carbocycles. The maximum absolute atomic E-state index is 15.0. The first-order valence-corrected chi connectivity index (χ1v) is 10.9. The number of nitrogens with zero attached hydrogens (tertiary/aromatic N) is 5. The predicted octanol–water partition coefficient (Wildman–Crippen LogP) is 1.83. The van der Waals surface area contributed by atoms with E-state index in [0.717, 1.165) is 5.69 Å². The molecule has 4 heterocycles. The van der Waals surface area contributed by atoms with Crippen LogP contribution in [0, 0.1) is 5.82 Å². The van der Waals surface area contributed by atoms with Crippen molar-refractivity contribution >= 4 is 23.4 Å². The fraction of sp³-hybridized carbons (Fsp3) is 0.364. The second-order valence-electron chi connectivity index (χ2n) is 8.02. The molecule has 34 heavy (non-hydrogen) atoms. The minimum Gasteiger partial charge on any atom is -0.471 e. The van der Waals surface area contributed by atoms with Gasteiger partial charge in [0.15, 0.2) is 6.10 Å². The fourth-order valence-electron chi connectivity index (χ4n) is 4.05. The van der Waals surface area contributed by atoms with Crippen LogP contribution in [0.1, 0.15) is 5.69 Å². The summed E-state index contributed by atoms with van der Waals surface area (Å²) in [5.41, 5.74) is 1.60. The lowest BCUT2D eigenvalue weighted by Gasteiger charge is -2.36. The van der Waals surface area contributed by atoms with Crippen molar-refractivity contribution in [2.24, 2.45) is 0 Å². The quantitative estimate of drug-likeness (QED) is 0.556. The summed E-state index contributed by atoms with van der Waals surface area (Å²) in [6, 6.07) is 6.22. The zero-order chi connectivity index (χ0) is 23.5. The van der Waals surface area contributed by atoms with Gasteiger partial charge in [-0.15, -0.1) is 0 Å². The summed E-state index contributed by atoms with van der Waals surface area (Å²) < 4.78 is 30.4. The highest BCUT2D eigenvalue weighted by Gasteiger charge is 2.33. The highest BCUT2D eigenvalue weighted by atomic mass is 19.1. The molecular formula is C22H23FN6O5. The maximum Gasteiger partial charge on any atom is 0.414 e. The molecule has 2 saturated heterocycles. The minimum absolute atomic E-state index is 0.00866. The number of amides is 2. The first-order valence-electron chi connectivity index (χ1n) is 10.9. The molecule has 12 heteroatoms. The van der Waals surface area contributed by atoms with Crippen molar-refractivity contribution in [2.45, 2.75) is 12.5 Å². The Labute approximate surface area is 194 Å². The Hall–Kier alpha value is -4.09. The molecular weight excluding hydrogens is 447 g/mol. The van der Waals surface area contributed by atoms with Gasteiger partial charge in [-0.05, 0) is 23.4 Å². The van der Waals surface area contributed by atoms with E-state index >= 15 is 0 Å². The summed E-state index contributed by atoms with van der Waals surface area (Å²) in [7, 11) is 0. The molecule has 0 spiro atoms. The van der Waals surface area contributed by atoms with E-state index in [1.165, 1.54) is 17.2 Å². The Morgan fingerprint density at radius 1 is 1.24 bits per heavy atom. The molecule has 1 unspecified atom stereocenters. The number of rotatable bonds is 7. The first kappa shape index (κ1) is 21.7. The van der Waals surface area contributed by atoms with Crippen molar-refractivity contribution in [1.82, 2.24) is 20.0 Å². The van der Waals surface area contributed by atoms with Crippen molar-refractivity contribution in [3.63, 3.8) is 0 Å². The van der Waals surface area contributed by atoms with E-state index in [-0.39, 0.29) is 25.5 Å². The van der Waals surface area contributed by atoms with Gasteiger partial charge in [-0.1, -0.05) is 0 Å². The number of H-pyrrole nitrogens is 1. The lowest BCUT2D eigenvalue weighted by Crippen LogP contribution is -2.49. The second-order valence-corrected chi connectivity index (χ2v) is 8.02. The number of carbonyl (C=O) groups excluding carboxylic acids is 2. The smallest absolute Gasteiger partial charge is 0.414 e. The minimum atomic E-state index is -0.565. The number of nitrogens with one attached hydrogen (secondary N) is 1. The van der Waals surface area contributed by atoms with Crippen LogP contribution in [-0.4, -0.2) is 77.5 Å². The molecule has 1 N–H and O–H groups in total. The summed E-state index contributed by atoms with van der Waals surface area (Å²) in [6.45, 7) is 2.36. The van der Waals surface area contributed by atoms with Gasteiger partial charge in [0, 0.05) is 44.1 Å².